The first-order valence-corrected chi connectivity index (χ1v) is 17.0. The van der Waals surface area contributed by atoms with E-state index in [1.54, 1.807) is 13.0 Å². The van der Waals surface area contributed by atoms with Gasteiger partial charge in [0.25, 0.3) is 0 Å². The Labute approximate surface area is 272 Å². The number of carbonyl (C=O) groups excluding carboxylic acids is 1. The number of hydrogen-bond acceptors (Lipinski definition) is 3. The number of aliphatic hydroxyl groups excluding tert-OH is 1. The van der Waals surface area contributed by atoms with Crippen LogP contribution in [0.15, 0.2) is 66.7 Å². The Morgan fingerprint density at radius 1 is 0.870 bits per heavy atom. The second-order valence-electron chi connectivity index (χ2n) is 13.0. The van der Waals surface area contributed by atoms with Crippen molar-refractivity contribution in [1.82, 2.24) is 0 Å². The summed E-state index contributed by atoms with van der Waals surface area (Å²) in [6, 6.07) is 16.2. The summed E-state index contributed by atoms with van der Waals surface area (Å²) in [7, 11) is 0. The van der Waals surface area contributed by atoms with E-state index >= 15 is 8.78 Å². The van der Waals surface area contributed by atoms with Gasteiger partial charge in [-0.3, -0.25) is 0 Å². The van der Waals surface area contributed by atoms with E-state index in [0.717, 1.165) is 63.4 Å². The summed E-state index contributed by atoms with van der Waals surface area (Å²) in [5.41, 5.74) is 4.29. The second-order valence-corrected chi connectivity index (χ2v) is 13.0. The third-order valence-electron chi connectivity index (χ3n) is 9.50. The molecule has 3 nitrogen and oxygen atoms in total. The molecule has 1 fully saturated rings. The molecule has 3 aromatic rings. The van der Waals surface area contributed by atoms with Crippen LogP contribution in [0.25, 0.3) is 11.1 Å². The lowest BCUT2D eigenvalue weighted by molar-refractivity contribution is -0.139. The molecule has 0 saturated heterocycles. The van der Waals surface area contributed by atoms with E-state index < -0.39 is 17.5 Å². The Morgan fingerprint density at radius 2 is 1.52 bits per heavy atom. The van der Waals surface area contributed by atoms with Crippen molar-refractivity contribution < 1.29 is 27.8 Å². The van der Waals surface area contributed by atoms with E-state index in [1.165, 1.54) is 29.3 Å². The lowest BCUT2D eigenvalue weighted by Gasteiger charge is -2.30. The number of aryl methyl sites for hydroxylation is 1. The summed E-state index contributed by atoms with van der Waals surface area (Å²) in [5.74, 6) is -1.66. The molecule has 4 rings (SSSR count). The average molecular weight is 635 g/mol. The van der Waals surface area contributed by atoms with Gasteiger partial charge >= 0.3 is 5.97 Å². The van der Waals surface area contributed by atoms with Gasteiger partial charge in [-0.25, -0.2) is 18.0 Å². The number of halogens is 3. The van der Waals surface area contributed by atoms with Crippen LogP contribution >= 0.6 is 0 Å². The first kappa shape index (κ1) is 35.5. The van der Waals surface area contributed by atoms with E-state index in [-0.39, 0.29) is 41.1 Å². The van der Waals surface area contributed by atoms with E-state index in [1.807, 2.05) is 6.07 Å². The number of esters is 1. The molecule has 1 aliphatic carbocycles. The molecule has 1 unspecified atom stereocenters. The molecular formula is C40H49F3O3. The van der Waals surface area contributed by atoms with Gasteiger partial charge in [0.2, 0.25) is 0 Å². The van der Waals surface area contributed by atoms with Crippen molar-refractivity contribution in [3.8, 4) is 11.1 Å². The van der Waals surface area contributed by atoms with Gasteiger partial charge in [-0.1, -0.05) is 62.7 Å². The predicted molar refractivity (Wildman–Crippen MR) is 179 cm³/mol. The van der Waals surface area contributed by atoms with Crippen molar-refractivity contribution in [3.05, 3.63) is 106 Å². The van der Waals surface area contributed by atoms with Crippen LogP contribution in [-0.2, 0) is 16.0 Å². The first-order chi connectivity index (χ1) is 22.2. The SMILES string of the molecule is C=C(C)C(=O)OCCCC(CCCO)c1ccc(C2CCC(c3c(F)cc(-c4ccc(CCCCC)cc4F)cc3F)CC2)cc1. The molecule has 1 atom stereocenters. The molecular weight excluding hydrogens is 585 g/mol. The second kappa shape index (κ2) is 17.5. The standard InChI is InChI=1S/C40H49F3O3/c1-4-5-6-9-28-12-21-35(36(41)24-28)34-25-37(42)39(38(43)26-34)33-19-17-32(18-20-33)31-15-13-30(14-16-31)29(10-7-22-44)11-8-23-46-40(45)27(2)3/h12-16,21,24-26,29,32-33,44H,2,4-11,17-20,22-23H2,1,3H3. The first-order valence-electron chi connectivity index (χ1n) is 17.0. The molecule has 3 aromatic carbocycles. The van der Waals surface area contributed by atoms with Gasteiger partial charge in [0, 0.05) is 23.3 Å². The Hall–Kier alpha value is -3.38. The number of ether oxygens (including phenoxy) is 1. The van der Waals surface area contributed by atoms with Crippen LogP contribution in [0.2, 0.25) is 0 Å². The Balaban J connectivity index is 1.36. The highest BCUT2D eigenvalue weighted by molar-refractivity contribution is 5.86. The van der Waals surface area contributed by atoms with Crippen LogP contribution in [0.3, 0.4) is 0 Å². The fourth-order valence-electron chi connectivity index (χ4n) is 6.85. The smallest absolute Gasteiger partial charge is 0.333 e. The van der Waals surface area contributed by atoms with Crippen LogP contribution in [0.4, 0.5) is 13.2 Å². The number of carbonyl (C=O) groups is 1. The molecule has 1 N–H and O–H groups in total. The van der Waals surface area contributed by atoms with Crippen molar-refractivity contribution in [3.63, 3.8) is 0 Å². The molecule has 0 radical (unpaired) electrons. The third kappa shape index (κ3) is 9.57. The summed E-state index contributed by atoms with van der Waals surface area (Å²) in [4.78, 5) is 11.7. The summed E-state index contributed by atoms with van der Waals surface area (Å²) in [5, 5.41) is 9.39. The minimum Gasteiger partial charge on any atom is -0.462 e. The van der Waals surface area contributed by atoms with E-state index in [0.29, 0.717) is 37.4 Å². The monoisotopic (exact) mass is 634 g/mol. The average Bonchev–Trinajstić information content (AvgIpc) is 3.04. The number of unbranched alkanes of at least 4 members (excludes halogenated alkanes) is 2. The number of rotatable bonds is 16. The van der Waals surface area contributed by atoms with Crippen molar-refractivity contribution in [2.24, 2.45) is 0 Å². The summed E-state index contributed by atoms with van der Waals surface area (Å²) >= 11 is 0. The van der Waals surface area contributed by atoms with Crippen LogP contribution in [-0.4, -0.2) is 24.3 Å². The fraction of sp³-hybridized carbons (Fsp3) is 0.475. The molecule has 6 heteroatoms. The fourth-order valence-corrected chi connectivity index (χ4v) is 6.85. The maximum absolute atomic E-state index is 15.4. The zero-order valence-electron chi connectivity index (χ0n) is 27.4. The molecule has 0 bridgehead atoms. The largest absolute Gasteiger partial charge is 0.462 e. The summed E-state index contributed by atoms with van der Waals surface area (Å²) in [6.07, 6.45) is 10.1. The predicted octanol–water partition coefficient (Wildman–Crippen LogP) is 10.7. The zero-order chi connectivity index (χ0) is 33.1. The number of benzene rings is 3. The van der Waals surface area contributed by atoms with Crippen LogP contribution < -0.4 is 0 Å². The normalized spacial score (nSPS) is 17.1. The molecule has 248 valence electrons. The maximum atomic E-state index is 15.4. The van der Waals surface area contributed by atoms with E-state index in [4.69, 9.17) is 4.74 Å². The van der Waals surface area contributed by atoms with Gasteiger partial charge in [-0.15, -0.1) is 0 Å². The molecule has 1 aliphatic rings. The van der Waals surface area contributed by atoms with Crippen molar-refractivity contribution in [2.45, 2.75) is 109 Å². The molecule has 0 heterocycles. The number of aliphatic hydroxyl groups is 1. The van der Waals surface area contributed by atoms with Gasteiger partial charge in [-0.05, 0) is 129 Å². The Kier molecular flexibility index (Phi) is 13.5. The highest BCUT2D eigenvalue weighted by Gasteiger charge is 2.28. The van der Waals surface area contributed by atoms with Gasteiger partial charge in [0.15, 0.2) is 0 Å². The van der Waals surface area contributed by atoms with Gasteiger partial charge in [0.1, 0.15) is 17.5 Å². The quantitative estimate of drug-likeness (QED) is 0.0969. The molecule has 0 aromatic heterocycles. The summed E-state index contributed by atoms with van der Waals surface area (Å²) in [6.45, 7) is 7.84. The van der Waals surface area contributed by atoms with Crippen molar-refractivity contribution in [1.29, 1.82) is 0 Å². The Bertz CT molecular complexity index is 1420. The molecule has 1 saturated carbocycles. The lowest BCUT2D eigenvalue weighted by atomic mass is 9.75. The van der Waals surface area contributed by atoms with Crippen LogP contribution in [0.5, 0.6) is 0 Å². The highest BCUT2D eigenvalue weighted by Crippen LogP contribution is 2.43. The molecule has 0 aliphatic heterocycles. The Morgan fingerprint density at radius 3 is 2.13 bits per heavy atom. The van der Waals surface area contributed by atoms with Gasteiger partial charge in [0.05, 0.1) is 6.61 Å². The minimum absolute atomic E-state index is 0.120. The third-order valence-corrected chi connectivity index (χ3v) is 9.50. The van der Waals surface area contributed by atoms with Crippen LogP contribution in [0.1, 0.15) is 124 Å². The van der Waals surface area contributed by atoms with Gasteiger partial charge in [-0.2, -0.15) is 0 Å². The minimum atomic E-state index is -0.600. The molecule has 0 spiro atoms. The molecule has 0 amide bonds. The summed E-state index contributed by atoms with van der Waals surface area (Å²) < 4.78 is 51.0. The van der Waals surface area contributed by atoms with Crippen molar-refractivity contribution in [2.75, 3.05) is 13.2 Å². The molecule has 46 heavy (non-hydrogen) atoms. The lowest BCUT2D eigenvalue weighted by Crippen LogP contribution is -2.15. The topological polar surface area (TPSA) is 46.5 Å². The van der Waals surface area contributed by atoms with E-state index in [2.05, 4.69) is 37.8 Å². The van der Waals surface area contributed by atoms with Crippen molar-refractivity contribution >= 4 is 5.97 Å². The van der Waals surface area contributed by atoms with Crippen LogP contribution in [0, 0.1) is 17.5 Å². The zero-order valence-corrected chi connectivity index (χ0v) is 27.4. The number of hydrogen-bond donors (Lipinski definition) is 1. The highest BCUT2D eigenvalue weighted by atomic mass is 19.1. The maximum Gasteiger partial charge on any atom is 0.333 e. The van der Waals surface area contributed by atoms with E-state index in [9.17, 15) is 14.3 Å². The van der Waals surface area contributed by atoms with Gasteiger partial charge < -0.3 is 9.84 Å².